The van der Waals surface area contributed by atoms with Crippen LogP contribution in [-0.4, -0.2) is 22.4 Å². The van der Waals surface area contributed by atoms with Gasteiger partial charge in [0, 0.05) is 12.5 Å². The number of hydrogen-bond acceptors (Lipinski definition) is 4. The van der Waals surface area contributed by atoms with Crippen molar-refractivity contribution in [3.8, 4) is 0 Å². The van der Waals surface area contributed by atoms with E-state index in [4.69, 9.17) is 11.1 Å². The van der Waals surface area contributed by atoms with Crippen molar-refractivity contribution in [2.45, 2.75) is 6.54 Å². The van der Waals surface area contributed by atoms with Crippen LogP contribution in [0.1, 0.15) is 0 Å². The summed E-state index contributed by atoms with van der Waals surface area (Å²) in [6, 6.07) is 9.43. The van der Waals surface area contributed by atoms with Crippen molar-refractivity contribution in [3.05, 3.63) is 60.8 Å². The minimum atomic E-state index is 0.445. The third-order valence-electron chi connectivity index (χ3n) is 2.69. The van der Waals surface area contributed by atoms with E-state index in [0.29, 0.717) is 18.1 Å². The molecule has 4 N–H and O–H groups in total. The van der Waals surface area contributed by atoms with Gasteiger partial charge in [0.1, 0.15) is 11.5 Å². The minimum Gasteiger partial charge on any atom is -0.382 e. The molecule has 0 aliphatic heterocycles. The highest BCUT2D eigenvalue weighted by Crippen LogP contribution is 2.24. The van der Waals surface area contributed by atoms with Crippen molar-refractivity contribution < 1.29 is 5.41 Å². The fraction of sp³-hybridized carbons (Fsp3) is 0.125. The van der Waals surface area contributed by atoms with Gasteiger partial charge in [-0.15, -0.1) is 16.7 Å². The number of allylic oxidation sites excluding steroid dienone is 3. The highest BCUT2D eigenvalue weighted by Gasteiger charge is 2.06. The fourth-order valence-electron chi connectivity index (χ4n) is 1.63. The van der Waals surface area contributed by atoms with Crippen molar-refractivity contribution in [1.82, 2.24) is 9.78 Å². The Labute approximate surface area is 140 Å². The maximum Gasteiger partial charge on any atom is 0.160 e. The van der Waals surface area contributed by atoms with Crippen molar-refractivity contribution in [2.24, 2.45) is 10.2 Å². The van der Waals surface area contributed by atoms with Gasteiger partial charge in [-0.05, 0) is 17.7 Å². The lowest BCUT2D eigenvalue weighted by Gasteiger charge is -2.03. The van der Waals surface area contributed by atoms with Crippen molar-refractivity contribution >= 4 is 35.0 Å². The van der Waals surface area contributed by atoms with Crippen LogP contribution in [0.5, 0.6) is 0 Å². The van der Waals surface area contributed by atoms with Crippen LogP contribution in [0.2, 0.25) is 0 Å². The molecule has 0 spiro atoms. The quantitative estimate of drug-likeness (QED) is 0.368. The maximum absolute atomic E-state index is 5.99. The standard InChI is InChI=1S/C15H16N6.CH3Cl/c1-12(6-5-9-16)11-21-15(17)14(10-18-21)20-19-13-7-3-2-4-8-13;1-2/h2-10,16H,1,11,17H2;1H3/p+1/b6-5-,16-9?,20-19?;. The summed E-state index contributed by atoms with van der Waals surface area (Å²) in [6.07, 6.45) is 8.00. The monoisotopic (exact) mass is 331 g/mol. The van der Waals surface area contributed by atoms with Gasteiger partial charge in [-0.2, -0.15) is 10.2 Å². The Bertz CT molecular complexity index is 688. The molecule has 1 aromatic heterocycles. The van der Waals surface area contributed by atoms with Gasteiger partial charge in [0.25, 0.3) is 0 Å². The maximum atomic E-state index is 5.99. The summed E-state index contributed by atoms with van der Waals surface area (Å²) in [6.45, 7) is 4.37. The normalized spacial score (nSPS) is 10.5. The smallest absolute Gasteiger partial charge is 0.160 e. The Morgan fingerprint density at radius 1 is 1.35 bits per heavy atom. The van der Waals surface area contributed by atoms with Crippen LogP contribution in [0.15, 0.2) is 71.1 Å². The molecule has 0 unspecified atom stereocenters. The number of aromatic nitrogens is 2. The molecule has 0 aliphatic rings. The Morgan fingerprint density at radius 2 is 2.04 bits per heavy atom. The lowest BCUT2D eigenvalue weighted by Crippen LogP contribution is -2.28. The first-order valence-electron chi connectivity index (χ1n) is 6.76. The Balaban J connectivity index is 0.00000127. The van der Waals surface area contributed by atoms with E-state index in [1.807, 2.05) is 30.3 Å². The number of rotatable bonds is 6. The van der Waals surface area contributed by atoms with Gasteiger partial charge in [0.2, 0.25) is 0 Å². The van der Waals surface area contributed by atoms with E-state index in [1.165, 1.54) is 12.6 Å². The zero-order valence-electron chi connectivity index (χ0n) is 12.9. The van der Waals surface area contributed by atoms with E-state index in [9.17, 15) is 0 Å². The topological polar surface area (TPSA) is 94.1 Å². The number of nitrogens with two attached hydrogens (primary N) is 2. The van der Waals surface area contributed by atoms with Gasteiger partial charge in [-0.1, -0.05) is 30.9 Å². The third kappa shape index (κ3) is 5.88. The Kier molecular flexibility index (Phi) is 8.02. The molecule has 7 heteroatoms. The minimum absolute atomic E-state index is 0.445. The van der Waals surface area contributed by atoms with Gasteiger partial charge < -0.3 is 5.73 Å². The summed E-state index contributed by atoms with van der Waals surface area (Å²) < 4.78 is 1.61. The largest absolute Gasteiger partial charge is 0.382 e. The van der Waals surface area contributed by atoms with Crippen LogP contribution in [0.4, 0.5) is 17.2 Å². The van der Waals surface area contributed by atoms with Crippen LogP contribution < -0.4 is 11.1 Å². The van der Waals surface area contributed by atoms with E-state index in [2.05, 4.69) is 33.5 Å². The van der Waals surface area contributed by atoms with Gasteiger partial charge >= 0.3 is 0 Å². The van der Waals surface area contributed by atoms with E-state index in [-0.39, 0.29) is 0 Å². The molecule has 0 saturated heterocycles. The zero-order valence-corrected chi connectivity index (χ0v) is 13.7. The van der Waals surface area contributed by atoms with Gasteiger partial charge in [-0.3, -0.25) is 5.41 Å². The summed E-state index contributed by atoms with van der Waals surface area (Å²) in [7, 11) is 0. The molecule has 0 atom stereocenters. The van der Waals surface area contributed by atoms with E-state index in [0.717, 1.165) is 11.3 Å². The van der Waals surface area contributed by atoms with Gasteiger partial charge in [0.15, 0.2) is 6.21 Å². The van der Waals surface area contributed by atoms with Crippen LogP contribution in [-0.2, 0) is 6.54 Å². The highest BCUT2D eigenvalue weighted by atomic mass is 35.5. The second-order valence-electron chi connectivity index (χ2n) is 4.32. The molecule has 0 bridgehead atoms. The van der Waals surface area contributed by atoms with Crippen molar-refractivity contribution in [2.75, 3.05) is 12.1 Å². The number of nitrogens with zero attached hydrogens (tertiary/aromatic N) is 4. The Morgan fingerprint density at radius 3 is 2.70 bits per heavy atom. The lowest BCUT2D eigenvalue weighted by atomic mass is 10.3. The molecular weight excluding hydrogens is 312 g/mol. The predicted molar refractivity (Wildman–Crippen MR) is 95.3 cm³/mol. The summed E-state index contributed by atoms with van der Waals surface area (Å²) in [5.41, 5.74) is 8.11. The first-order chi connectivity index (χ1) is 11.2. The van der Waals surface area contributed by atoms with E-state index < -0.39 is 0 Å². The molecule has 1 aromatic carbocycles. The Hall–Kier alpha value is -2.73. The summed E-state index contributed by atoms with van der Waals surface area (Å²) in [5, 5.41) is 17.7. The SMILES string of the molecule is C=C(/C=C\C=[NH2+])Cn1ncc(N=Nc2ccccc2)c1N.CCl. The second-order valence-corrected chi connectivity index (χ2v) is 4.32. The molecule has 1 heterocycles. The number of benzene rings is 1. The second kappa shape index (κ2) is 10.1. The number of alkyl halides is 1. The van der Waals surface area contributed by atoms with Crippen LogP contribution in [0.25, 0.3) is 0 Å². The lowest BCUT2D eigenvalue weighted by molar-refractivity contribution is -0.104. The number of nitrogen functional groups attached to an aromatic ring is 1. The van der Waals surface area contributed by atoms with Crippen molar-refractivity contribution in [1.29, 1.82) is 0 Å². The summed E-state index contributed by atoms with van der Waals surface area (Å²) >= 11 is 4.64. The number of anilines is 1. The molecule has 2 rings (SSSR count). The van der Waals surface area contributed by atoms with Crippen LogP contribution >= 0.6 is 11.6 Å². The molecule has 0 amide bonds. The molecule has 120 valence electrons. The number of azo groups is 1. The number of hydrogen-bond donors (Lipinski definition) is 2. The molecule has 2 aromatic rings. The molecule has 23 heavy (non-hydrogen) atoms. The highest BCUT2D eigenvalue weighted by molar-refractivity contribution is 6.15. The predicted octanol–water partition coefficient (Wildman–Crippen LogP) is 2.68. The molecular formula is C16H20ClN6+. The summed E-state index contributed by atoms with van der Waals surface area (Å²) in [5.74, 6) is 0.445. The van der Waals surface area contributed by atoms with E-state index >= 15 is 0 Å². The average molecular weight is 332 g/mol. The van der Waals surface area contributed by atoms with Crippen LogP contribution in [0.3, 0.4) is 0 Å². The molecule has 0 aliphatic carbocycles. The molecule has 6 nitrogen and oxygen atoms in total. The molecule has 0 fully saturated rings. The van der Waals surface area contributed by atoms with Crippen molar-refractivity contribution in [3.63, 3.8) is 0 Å². The first kappa shape index (κ1) is 18.3. The van der Waals surface area contributed by atoms with Crippen LogP contribution in [0, 0.1) is 0 Å². The first-order valence-corrected chi connectivity index (χ1v) is 7.51. The number of halogens is 1. The van der Waals surface area contributed by atoms with E-state index in [1.54, 1.807) is 23.0 Å². The van der Waals surface area contributed by atoms with Gasteiger partial charge in [-0.25, -0.2) is 4.68 Å². The fourth-order valence-corrected chi connectivity index (χ4v) is 1.63. The average Bonchev–Trinajstić information content (AvgIpc) is 2.94. The van der Waals surface area contributed by atoms with Gasteiger partial charge in [0.05, 0.1) is 18.4 Å². The third-order valence-corrected chi connectivity index (χ3v) is 2.69. The molecule has 0 radical (unpaired) electrons. The summed E-state index contributed by atoms with van der Waals surface area (Å²) in [4.78, 5) is 0. The molecule has 0 saturated carbocycles. The zero-order chi connectivity index (χ0) is 17.1.